The van der Waals surface area contributed by atoms with Crippen molar-refractivity contribution in [3.8, 4) is 11.3 Å². The maximum Gasteiger partial charge on any atom is 0.105 e. The van der Waals surface area contributed by atoms with Crippen molar-refractivity contribution in [3.05, 3.63) is 36.0 Å². The molecule has 3 N–H and O–H groups in total. The zero-order valence-corrected chi connectivity index (χ0v) is 9.36. The lowest BCUT2D eigenvalue weighted by molar-refractivity contribution is 0.864. The molecule has 0 aliphatic rings. The fourth-order valence-corrected chi connectivity index (χ4v) is 1.48. The van der Waals surface area contributed by atoms with Gasteiger partial charge >= 0.3 is 0 Å². The molecule has 15 heavy (non-hydrogen) atoms. The second-order valence-electron chi connectivity index (χ2n) is 3.44. The third-order valence-corrected chi connectivity index (χ3v) is 2.41. The minimum Gasteiger partial charge on any atom is -0.344 e. The first-order chi connectivity index (χ1) is 6.68. The van der Waals surface area contributed by atoms with Gasteiger partial charge in [-0.25, -0.2) is 4.98 Å². The zero-order chi connectivity index (χ0) is 10.1. The predicted octanol–water partition coefficient (Wildman–Crippen LogP) is 2.26. The fourth-order valence-electron chi connectivity index (χ4n) is 1.48. The van der Waals surface area contributed by atoms with Gasteiger partial charge in [-0.2, -0.15) is 0 Å². The van der Waals surface area contributed by atoms with Gasteiger partial charge in [0.2, 0.25) is 0 Å². The van der Waals surface area contributed by atoms with Crippen molar-refractivity contribution in [2.24, 2.45) is 7.05 Å². The third kappa shape index (κ3) is 2.05. The number of aryl methyl sites for hydroxylation is 2. The lowest BCUT2D eigenvalue weighted by Gasteiger charge is -2.03. The summed E-state index contributed by atoms with van der Waals surface area (Å²) in [4.78, 5) is 8.44. The van der Waals surface area contributed by atoms with Gasteiger partial charge < -0.3 is 10.7 Å². The van der Waals surface area contributed by atoms with Crippen molar-refractivity contribution >= 4 is 0 Å². The molecular weight excluding hydrogens is 188 g/mol. The van der Waals surface area contributed by atoms with Crippen molar-refractivity contribution in [2.45, 2.75) is 13.8 Å². The lowest BCUT2D eigenvalue weighted by Crippen LogP contribution is -1.94. The summed E-state index contributed by atoms with van der Waals surface area (Å²) in [5.74, 6) is 1.02. The summed E-state index contributed by atoms with van der Waals surface area (Å²) in [5.41, 5.74) is 3.33. The van der Waals surface area contributed by atoms with Crippen LogP contribution in [0.15, 0.2) is 24.5 Å². The van der Waals surface area contributed by atoms with Crippen LogP contribution in [-0.4, -0.2) is 14.5 Å². The summed E-state index contributed by atoms with van der Waals surface area (Å²) >= 11 is 0. The minimum absolute atomic E-state index is 0. The van der Waals surface area contributed by atoms with Crippen LogP contribution in [0.5, 0.6) is 0 Å². The Morgan fingerprint density at radius 3 is 2.47 bits per heavy atom. The smallest absolute Gasteiger partial charge is 0.105 e. The highest BCUT2D eigenvalue weighted by Gasteiger charge is 2.04. The Morgan fingerprint density at radius 2 is 1.93 bits per heavy atom. The Hall–Kier alpha value is -1.68. The van der Waals surface area contributed by atoms with E-state index in [1.165, 1.54) is 5.56 Å². The highest BCUT2D eigenvalue weighted by Crippen LogP contribution is 2.19. The van der Waals surface area contributed by atoms with E-state index < -0.39 is 0 Å². The van der Waals surface area contributed by atoms with Gasteiger partial charge in [0.25, 0.3) is 0 Å². The van der Waals surface area contributed by atoms with Crippen LogP contribution >= 0.6 is 0 Å². The van der Waals surface area contributed by atoms with Crippen molar-refractivity contribution < 1.29 is 0 Å². The molecule has 2 heterocycles. The molecule has 0 radical (unpaired) electrons. The zero-order valence-electron chi connectivity index (χ0n) is 9.36. The van der Waals surface area contributed by atoms with E-state index in [9.17, 15) is 0 Å². The molecule has 0 saturated heterocycles. The number of hydrogen-bond donors (Lipinski definition) is 1. The summed E-state index contributed by atoms with van der Waals surface area (Å²) < 4.78 is 2.08. The molecular formula is C11H16N4. The molecule has 0 saturated carbocycles. The number of rotatable bonds is 1. The van der Waals surface area contributed by atoms with Crippen LogP contribution in [0.4, 0.5) is 0 Å². The van der Waals surface area contributed by atoms with E-state index in [1.807, 2.05) is 39.4 Å². The Kier molecular flexibility index (Phi) is 3.21. The number of nitrogens with zero attached hydrogens (tertiary/aromatic N) is 3. The van der Waals surface area contributed by atoms with Crippen molar-refractivity contribution in [2.75, 3.05) is 0 Å². The maximum absolute atomic E-state index is 4.26. The van der Waals surface area contributed by atoms with Crippen LogP contribution in [0.3, 0.4) is 0 Å². The van der Waals surface area contributed by atoms with Crippen LogP contribution in [0.1, 0.15) is 11.5 Å². The number of imidazole rings is 1. The SMILES string of the molecule is Cc1cc(-c2cnc(C)n2C)ccn1.N. The minimum atomic E-state index is 0. The van der Waals surface area contributed by atoms with E-state index in [2.05, 4.69) is 20.6 Å². The lowest BCUT2D eigenvalue weighted by atomic mass is 10.2. The largest absolute Gasteiger partial charge is 0.344 e. The van der Waals surface area contributed by atoms with Crippen molar-refractivity contribution in [1.29, 1.82) is 0 Å². The second kappa shape index (κ2) is 4.23. The predicted molar refractivity (Wildman–Crippen MR) is 60.9 cm³/mol. The van der Waals surface area contributed by atoms with Crippen LogP contribution in [0.25, 0.3) is 11.3 Å². The highest BCUT2D eigenvalue weighted by molar-refractivity contribution is 5.59. The standard InChI is InChI=1S/C11H13N3.H3N/c1-8-6-10(4-5-12-8)11-7-13-9(2)14(11)3;/h4-7H,1-3H3;1H3. The van der Waals surface area contributed by atoms with Crippen molar-refractivity contribution in [3.63, 3.8) is 0 Å². The highest BCUT2D eigenvalue weighted by atomic mass is 15.0. The molecule has 0 spiro atoms. The number of hydrogen-bond acceptors (Lipinski definition) is 3. The molecule has 0 aliphatic heterocycles. The van der Waals surface area contributed by atoms with Crippen LogP contribution in [0.2, 0.25) is 0 Å². The van der Waals surface area contributed by atoms with Crippen LogP contribution in [0, 0.1) is 13.8 Å². The molecule has 80 valence electrons. The molecule has 2 aromatic rings. The van der Waals surface area contributed by atoms with Crippen LogP contribution < -0.4 is 6.15 Å². The average molecular weight is 204 g/mol. The summed E-state index contributed by atoms with van der Waals surface area (Å²) in [6, 6.07) is 4.07. The molecule has 0 aliphatic carbocycles. The average Bonchev–Trinajstić information content (AvgIpc) is 2.48. The van der Waals surface area contributed by atoms with Crippen molar-refractivity contribution in [1.82, 2.24) is 20.7 Å². The normalized spacial score (nSPS) is 9.80. The molecule has 0 fully saturated rings. The first-order valence-corrected chi connectivity index (χ1v) is 4.60. The van der Waals surface area contributed by atoms with E-state index in [0.29, 0.717) is 0 Å². The second-order valence-corrected chi connectivity index (χ2v) is 3.44. The summed E-state index contributed by atoms with van der Waals surface area (Å²) in [7, 11) is 2.02. The molecule has 0 unspecified atom stereocenters. The Bertz CT molecular complexity index is 459. The maximum atomic E-state index is 4.26. The first kappa shape index (κ1) is 11.4. The number of aromatic nitrogens is 3. The third-order valence-electron chi connectivity index (χ3n) is 2.41. The molecule has 0 amide bonds. The molecule has 2 rings (SSSR count). The molecule has 0 bridgehead atoms. The van der Waals surface area contributed by atoms with Gasteiger partial charge in [0, 0.05) is 24.5 Å². The van der Waals surface area contributed by atoms with Gasteiger partial charge in [0.15, 0.2) is 0 Å². The molecule has 2 aromatic heterocycles. The fraction of sp³-hybridized carbons (Fsp3) is 0.273. The van der Waals surface area contributed by atoms with E-state index in [-0.39, 0.29) is 6.15 Å². The topological polar surface area (TPSA) is 65.7 Å². The van der Waals surface area contributed by atoms with Gasteiger partial charge in [0.05, 0.1) is 11.9 Å². The Labute approximate surface area is 89.6 Å². The molecule has 0 atom stereocenters. The van der Waals surface area contributed by atoms with Crippen LogP contribution in [-0.2, 0) is 7.05 Å². The Morgan fingerprint density at radius 1 is 1.20 bits per heavy atom. The Balaban J connectivity index is 0.00000112. The molecule has 0 aromatic carbocycles. The summed E-state index contributed by atoms with van der Waals surface area (Å²) in [6.45, 7) is 3.99. The van der Waals surface area contributed by atoms with Gasteiger partial charge in [-0.3, -0.25) is 4.98 Å². The first-order valence-electron chi connectivity index (χ1n) is 4.60. The monoisotopic (exact) mass is 204 g/mol. The van der Waals surface area contributed by atoms with Gasteiger partial charge in [-0.05, 0) is 26.0 Å². The van der Waals surface area contributed by atoms with Gasteiger partial charge in [-0.1, -0.05) is 0 Å². The molecule has 4 heteroatoms. The van der Waals surface area contributed by atoms with Gasteiger partial charge in [-0.15, -0.1) is 0 Å². The van der Waals surface area contributed by atoms with E-state index in [0.717, 1.165) is 17.2 Å². The summed E-state index contributed by atoms with van der Waals surface area (Å²) in [5, 5.41) is 0. The summed E-state index contributed by atoms with van der Waals surface area (Å²) in [6.07, 6.45) is 3.72. The number of pyridine rings is 1. The van der Waals surface area contributed by atoms with E-state index >= 15 is 0 Å². The van der Waals surface area contributed by atoms with Gasteiger partial charge in [0.1, 0.15) is 5.82 Å². The van der Waals surface area contributed by atoms with E-state index in [1.54, 1.807) is 0 Å². The van der Waals surface area contributed by atoms with E-state index in [4.69, 9.17) is 0 Å². The molecule has 4 nitrogen and oxygen atoms in total. The quantitative estimate of drug-likeness (QED) is 0.774.